The fraction of sp³-hybridized carbons (Fsp3) is 0.588. The van der Waals surface area contributed by atoms with E-state index < -0.39 is 0 Å². The molecule has 1 aliphatic rings. The number of Topliss-reactive ketones (excluding diaryl/α,β-unsaturated/α-hetero) is 1. The van der Waals surface area contributed by atoms with Gasteiger partial charge in [0.25, 0.3) is 0 Å². The Morgan fingerprint density at radius 3 is 2.86 bits per heavy atom. The second kappa shape index (κ2) is 7.57. The van der Waals surface area contributed by atoms with Crippen molar-refractivity contribution in [2.24, 2.45) is 5.73 Å². The molecule has 0 aliphatic carbocycles. The number of nitrogens with two attached hydrogens (primary N) is 1. The van der Waals surface area contributed by atoms with Gasteiger partial charge in [0.15, 0.2) is 5.78 Å². The fourth-order valence-corrected chi connectivity index (χ4v) is 3.14. The highest BCUT2D eigenvalue weighted by atomic mass is 16.5. The highest BCUT2D eigenvalue weighted by Crippen LogP contribution is 2.23. The van der Waals surface area contributed by atoms with Crippen LogP contribution < -0.4 is 10.5 Å². The van der Waals surface area contributed by atoms with Crippen LogP contribution in [0.3, 0.4) is 0 Å². The molecule has 0 aromatic heterocycles. The van der Waals surface area contributed by atoms with Crippen molar-refractivity contribution in [3.05, 3.63) is 29.8 Å². The standard InChI is InChI=1S/C17H26N2O2/c1-13-6-5-7-15(12-18)19(13)10-11-21-17-9-4-3-8-16(17)14(2)20/h3-4,8-9,13,15H,5-7,10-12,18H2,1-2H3. The van der Waals surface area contributed by atoms with Crippen molar-refractivity contribution in [1.82, 2.24) is 4.90 Å². The van der Waals surface area contributed by atoms with Crippen molar-refractivity contribution >= 4 is 5.78 Å². The van der Waals surface area contributed by atoms with Gasteiger partial charge in [-0.05, 0) is 38.8 Å². The number of ketones is 1. The molecule has 0 amide bonds. The van der Waals surface area contributed by atoms with Gasteiger partial charge in [0.1, 0.15) is 12.4 Å². The maximum absolute atomic E-state index is 11.6. The van der Waals surface area contributed by atoms with Gasteiger partial charge in [-0.2, -0.15) is 0 Å². The summed E-state index contributed by atoms with van der Waals surface area (Å²) in [6, 6.07) is 8.44. The number of para-hydroxylation sites is 1. The second-order valence-corrected chi connectivity index (χ2v) is 5.81. The molecule has 116 valence electrons. The first-order valence-corrected chi connectivity index (χ1v) is 7.82. The van der Waals surface area contributed by atoms with Crippen LogP contribution in [0.25, 0.3) is 0 Å². The molecule has 2 rings (SSSR count). The van der Waals surface area contributed by atoms with Crippen molar-refractivity contribution < 1.29 is 9.53 Å². The smallest absolute Gasteiger partial charge is 0.163 e. The SMILES string of the molecule is CC(=O)c1ccccc1OCCN1C(C)CCCC1CN. The van der Waals surface area contributed by atoms with Crippen LogP contribution in [0.1, 0.15) is 43.5 Å². The van der Waals surface area contributed by atoms with E-state index in [4.69, 9.17) is 10.5 Å². The van der Waals surface area contributed by atoms with Gasteiger partial charge in [0.05, 0.1) is 5.56 Å². The van der Waals surface area contributed by atoms with Crippen LogP contribution in [-0.4, -0.2) is 42.5 Å². The normalized spacial score (nSPS) is 23.0. The van der Waals surface area contributed by atoms with E-state index in [0.29, 0.717) is 36.5 Å². The molecule has 1 fully saturated rings. The largest absolute Gasteiger partial charge is 0.491 e. The first-order chi connectivity index (χ1) is 10.1. The number of piperidine rings is 1. The quantitative estimate of drug-likeness (QED) is 0.818. The third kappa shape index (κ3) is 4.05. The Balaban J connectivity index is 1.93. The number of ether oxygens (including phenoxy) is 1. The molecule has 4 heteroatoms. The summed E-state index contributed by atoms with van der Waals surface area (Å²) in [6.45, 7) is 5.97. The molecule has 21 heavy (non-hydrogen) atoms. The minimum atomic E-state index is 0.0387. The van der Waals surface area contributed by atoms with E-state index in [1.54, 1.807) is 6.92 Å². The van der Waals surface area contributed by atoms with E-state index in [0.717, 1.165) is 6.54 Å². The summed E-state index contributed by atoms with van der Waals surface area (Å²) >= 11 is 0. The van der Waals surface area contributed by atoms with Crippen LogP contribution in [-0.2, 0) is 0 Å². The van der Waals surface area contributed by atoms with Gasteiger partial charge in [0.2, 0.25) is 0 Å². The van der Waals surface area contributed by atoms with Gasteiger partial charge in [-0.1, -0.05) is 18.6 Å². The Hall–Kier alpha value is -1.39. The third-order valence-corrected chi connectivity index (χ3v) is 4.34. The highest BCUT2D eigenvalue weighted by Gasteiger charge is 2.26. The molecule has 1 aliphatic heterocycles. The van der Waals surface area contributed by atoms with Gasteiger partial charge in [-0.25, -0.2) is 0 Å². The summed E-state index contributed by atoms with van der Waals surface area (Å²) in [5.41, 5.74) is 6.53. The number of carbonyl (C=O) groups excluding carboxylic acids is 1. The molecule has 2 unspecified atom stereocenters. The number of nitrogens with zero attached hydrogens (tertiary/aromatic N) is 1. The predicted octanol–water partition coefficient (Wildman–Crippen LogP) is 2.47. The minimum absolute atomic E-state index is 0.0387. The van der Waals surface area contributed by atoms with E-state index in [1.165, 1.54) is 19.3 Å². The average Bonchev–Trinajstić information content (AvgIpc) is 2.49. The third-order valence-electron chi connectivity index (χ3n) is 4.34. The zero-order chi connectivity index (χ0) is 15.2. The van der Waals surface area contributed by atoms with Gasteiger partial charge >= 0.3 is 0 Å². The average molecular weight is 290 g/mol. The van der Waals surface area contributed by atoms with E-state index in [9.17, 15) is 4.79 Å². The summed E-state index contributed by atoms with van der Waals surface area (Å²) in [6.07, 6.45) is 3.65. The minimum Gasteiger partial charge on any atom is -0.491 e. The Bertz CT molecular complexity index is 476. The first-order valence-electron chi connectivity index (χ1n) is 7.82. The number of benzene rings is 1. The maximum atomic E-state index is 11.6. The van der Waals surface area contributed by atoms with Crippen LogP contribution in [0.5, 0.6) is 5.75 Å². The lowest BCUT2D eigenvalue weighted by molar-refractivity contribution is 0.0794. The number of rotatable bonds is 6. The number of likely N-dealkylation sites (tertiary alicyclic amines) is 1. The first kappa shape index (κ1) is 16.0. The van der Waals surface area contributed by atoms with Gasteiger partial charge < -0.3 is 10.5 Å². The fourth-order valence-electron chi connectivity index (χ4n) is 3.14. The number of hydrogen-bond donors (Lipinski definition) is 1. The number of hydrogen-bond acceptors (Lipinski definition) is 4. The maximum Gasteiger partial charge on any atom is 0.163 e. The lowest BCUT2D eigenvalue weighted by atomic mass is 9.96. The Morgan fingerprint density at radius 1 is 1.38 bits per heavy atom. The second-order valence-electron chi connectivity index (χ2n) is 5.81. The Morgan fingerprint density at radius 2 is 2.14 bits per heavy atom. The molecule has 0 radical (unpaired) electrons. The molecule has 1 aromatic rings. The van der Waals surface area contributed by atoms with E-state index in [1.807, 2.05) is 24.3 Å². The Kier molecular flexibility index (Phi) is 5.76. The monoisotopic (exact) mass is 290 g/mol. The number of carbonyl (C=O) groups is 1. The zero-order valence-electron chi connectivity index (χ0n) is 13.0. The van der Waals surface area contributed by atoms with Crippen LogP contribution in [0.15, 0.2) is 24.3 Å². The van der Waals surface area contributed by atoms with Crippen molar-refractivity contribution in [3.63, 3.8) is 0 Å². The molecular weight excluding hydrogens is 264 g/mol. The topological polar surface area (TPSA) is 55.6 Å². The van der Waals surface area contributed by atoms with Gasteiger partial charge in [-0.15, -0.1) is 0 Å². The highest BCUT2D eigenvalue weighted by molar-refractivity contribution is 5.96. The summed E-state index contributed by atoms with van der Waals surface area (Å²) in [5.74, 6) is 0.718. The molecule has 2 N–H and O–H groups in total. The van der Waals surface area contributed by atoms with Crippen molar-refractivity contribution in [2.45, 2.75) is 45.2 Å². The van der Waals surface area contributed by atoms with E-state index >= 15 is 0 Å². The predicted molar refractivity (Wildman–Crippen MR) is 84.8 cm³/mol. The van der Waals surface area contributed by atoms with Crippen molar-refractivity contribution in [1.29, 1.82) is 0 Å². The molecule has 0 saturated carbocycles. The lowest BCUT2D eigenvalue weighted by Gasteiger charge is -2.40. The van der Waals surface area contributed by atoms with Crippen LogP contribution in [0.2, 0.25) is 0 Å². The van der Waals surface area contributed by atoms with Crippen LogP contribution in [0, 0.1) is 0 Å². The molecular formula is C17H26N2O2. The molecule has 0 spiro atoms. The molecule has 4 nitrogen and oxygen atoms in total. The summed E-state index contributed by atoms with van der Waals surface area (Å²) < 4.78 is 5.84. The lowest BCUT2D eigenvalue weighted by Crippen LogP contribution is -2.50. The molecule has 0 bridgehead atoms. The zero-order valence-corrected chi connectivity index (χ0v) is 13.0. The van der Waals surface area contributed by atoms with Crippen molar-refractivity contribution in [2.75, 3.05) is 19.7 Å². The van der Waals surface area contributed by atoms with Crippen LogP contribution in [0.4, 0.5) is 0 Å². The van der Waals surface area contributed by atoms with Gasteiger partial charge in [-0.3, -0.25) is 9.69 Å². The summed E-state index contributed by atoms with van der Waals surface area (Å²) in [4.78, 5) is 14.0. The van der Waals surface area contributed by atoms with Gasteiger partial charge in [0, 0.05) is 25.2 Å². The van der Waals surface area contributed by atoms with Crippen molar-refractivity contribution in [3.8, 4) is 5.75 Å². The summed E-state index contributed by atoms with van der Waals surface area (Å²) in [5, 5.41) is 0. The van der Waals surface area contributed by atoms with E-state index in [2.05, 4.69) is 11.8 Å². The molecule has 2 atom stereocenters. The van der Waals surface area contributed by atoms with Crippen LogP contribution >= 0.6 is 0 Å². The summed E-state index contributed by atoms with van der Waals surface area (Å²) in [7, 11) is 0. The molecule has 1 saturated heterocycles. The Labute approximate surface area is 127 Å². The molecule has 1 aromatic carbocycles. The van der Waals surface area contributed by atoms with E-state index in [-0.39, 0.29) is 5.78 Å². The molecule has 1 heterocycles.